The van der Waals surface area contributed by atoms with E-state index in [0.29, 0.717) is 6.42 Å². The Labute approximate surface area is 99.6 Å². The van der Waals surface area contributed by atoms with Crippen LogP contribution in [0.1, 0.15) is 19.3 Å². The van der Waals surface area contributed by atoms with Gasteiger partial charge in [-0.2, -0.15) is 0 Å². The van der Waals surface area contributed by atoms with Crippen LogP contribution < -0.4 is 4.72 Å². The molecule has 0 saturated heterocycles. The third-order valence-electron chi connectivity index (χ3n) is 2.57. The molecule has 6 heteroatoms. The smallest absolute Gasteiger partial charge is 0.241 e. The number of nitrogens with zero attached hydrogens (tertiary/aromatic N) is 1. The highest BCUT2D eigenvalue weighted by molar-refractivity contribution is 7.89. The lowest BCUT2D eigenvalue weighted by atomic mass is 10.0. The van der Waals surface area contributed by atoms with E-state index in [1.54, 1.807) is 0 Å². The molecule has 1 aliphatic rings. The summed E-state index contributed by atoms with van der Waals surface area (Å²) in [7, 11) is -3.86. The molecule has 1 atom stereocenters. The Morgan fingerprint density at radius 1 is 1.41 bits per heavy atom. The second-order valence-corrected chi connectivity index (χ2v) is 5.52. The van der Waals surface area contributed by atoms with Gasteiger partial charge in [-0.05, 0) is 31.4 Å². The highest BCUT2D eigenvalue weighted by atomic mass is 32.2. The predicted octanol–water partition coefficient (Wildman–Crippen LogP) is 1.61. The van der Waals surface area contributed by atoms with Gasteiger partial charge in [0.15, 0.2) is 5.82 Å². The van der Waals surface area contributed by atoms with Crippen LogP contribution in [0.2, 0.25) is 0 Å². The molecule has 0 aromatic carbocycles. The van der Waals surface area contributed by atoms with E-state index in [1.165, 1.54) is 12.3 Å². The summed E-state index contributed by atoms with van der Waals surface area (Å²) >= 11 is 0. The molecule has 2 rings (SSSR count). The van der Waals surface area contributed by atoms with Gasteiger partial charge in [0, 0.05) is 12.2 Å². The summed E-state index contributed by atoms with van der Waals surface area (Å²) in [6, 6.07) is 2.27. The van der Waals surface area contributed by atoms with E-state index in [2.05, 4.69) is 9.71 Å². The summed E-state index contributed by atoms with van der Waals surface area (Å²) in [5, 5.41) is -0.533. The zero-order valence-corrected chi connectivity index (χ0v) is 9.95. The summed E-state index contributed by atoms with van der Waals surface area (Å²) in [4.78, 5) is 3.57. The summed E-state index contributed by atoms with van der Waals surface area (Å²) in [6.07, 6.45) is 7.38. The highest BCUT2D eigenvalue weighted by Gasteiger charge is 2.24. The fourth-order valence-electron chi connectivity index (χ4n) is 1.74. The number of allylic oxidation sites excluding steroid dienone is 1. The van der Waals surface area contributed by atoms with E-state index in [9.17, 15) is 12.8 Å². The maximum absolute atomic E-state index is 13.3. The minimum absolute atomic E-state index is 0.175. The molecule has 1 N–H and O–H groups in total. The van der Waals surface area contributed by atoms with Gasteiger partial charge in [-0.3, -0.25) is 0 Å². The Balaban J connectivity index is 2.19. The zero-order chi connectivity index (χ0) is 12.3. The number of hydrogen-bond donors (Lipinski definition) is 1. The van der Waals surface area contributed by atoms with E-state index in [-0.39, 0.29) is 6.04 Å². The third-order valence-corrected chi connectivity index (χ3v) is 4.02. The second-order valence-electron chi connectivity index (χ2n) is 3.89. The molecular weight excluding hydrogens is 243 g/mol. The maximum atomic E-state index is 13.3. The first kappa shape index (κ1) is 12.2. The monoisotopic (exact) mass is 256 g/mol. The van der Waals surface area contributed by atoms with Gasteiger partial charge in [-0.25, -0.2) is 22.5 Å². The first-order chi connectivity index (χ1) is 8.09. The minimum Gasteiger partial charge on any atom is -0.241 e. The van der Waals surface area contributed by atoms with Crippen LogP contribution in [0.3, 0.4) is 0 Å². The molecule has 17 heavy (non-hydrogen) atoms. The van der Waals surface area contributed by atoms with Crippen molar-refractivity contribution >= 4 is 10.0 Å². The summed E-state index contributed by atoms with van der Waals surface area (Å²) < 4.78 is 39.6. The van der Waals surface area contributed by atoms with E-state index >= 15 is 0 Å². The summed E-state index contributed by atoms with van der Waals surface area (Å²) in [5.74, 6) is -0.827. The Morgan fingerprint density at radius 2 is 2.24 bits per heavy atom. The number of halogens is 1. The number of aromatic nitrogens is 1. The van der Waals surface area contributed by atoms with Crippen LogP contribution in [-0.4, -0.2) is 19.4 Å². The SMILES string of the molecule is O=S(=O)(NC1CC=CCC1)c1ncccc1F. The van der Waals surface area contributed by atoms with Crippen molar-refractivity contribution in [3.8, 4) is 0 Å². The van der Waals surface area contributed by atoms with E-state index in [4.69, 9.17) is 0 Å². The molecule has 0 radical (unpaired) electrons. The quantitative estimate of drug-likeness (QED) is 0.836. The van der Waals surface area contributed by atoms with Crippen molar-refractivity contribution in [2.75, 3.05) is 0 Å². The van der Waals surface area contributed by atoms with E-state index < -0.39 is 20.9 Å². The molecule has 1 unspecified atom stereocenters. The lowest BCUT2D eigenvalue weighted by Gasteiger charge is -2.18. The average molecular weight is 256 g/mol. The van der Waals surface area contributed by atoms with Crippen LogP contribution in [0.15, 0.2) is 35.5 Å². The van der Waals surface area contributed by atoms with Crippen molar-refractivity contribution in [3.63, 3.8) is 0 Å². The molecule has 1 aromatic heterocycles. The lowest BCUT2D eigenvalue weighted by Crippen LogP contribution is -2.36. The second kappa shape index (κ2) is 4.93. The van der Waals surface area contributed by atoms with Crippen molar-refractivity contribution in [1.82, 2.24) is 9.71 Å². The van der Waals surface area contributed by atoms with Crippen LogP contribution >= 0.6 is 0 Å². The van der Waals surface area contributed by atoms with Gasteiger partial charge in [-0.1, -0.05) is 12.2 Å². The number of rotatable bonds is 3. The molecular formula is C11H13FN2O2S. The summed E-state index contributed by atoms with van der Waals surface area (Å²) in [5.41, 5.74) is 0. The standard InChI is InChI=1S/C11H13FN2O2S/c12-10-7-4-8-13-11(10)17(15,16)14-9-5-2-1-3-6-9/h1-2,4,7-9,14H,3,5-6H2. The first-order valence-electron chi connectivity index (χ1n) is 5.37. The third kappa shape index (κ3) is 2.89. The largest absolute Gasteiger partial charge is 0.261 e. The number of sulfonamides is 1. The molecule has 0 bridgehead atoms. The number of hydrogen-bond acceptors (Lipinski definition) is 3. The zero-order valence-electron chi connectivity index (χ0n) is 9.14. The average Bonchev–Trinajstić information content (AvgIpc) is 2.30. The Kier molecular flexibility index (Phi) is 3.54. The van der Waals surface area contributed by atoms with Crippen molar-refractivity contribution in [2.24, 2.45) is 0 Å². The van der Waals surface area contributed by atoms with Gasteiger partial charge < -0.3 is 0 Å². The van der Waals surface area contributed by atoms with E-state index in [0.717, 1.165) is 18.9 Å². The predicted molar refractivity (Wildman–Crippen MR) is 61.3 cm³/mol. The maximum Gasteiger partial charge on any atom is 0.261 e. The van der Waals surface area contributed by atoms with Crippen LogP contribution in [0, 0.1) is 5.82 Å². The lowest BCUT2D eigenvalue weighted by molar-refractivity contribution is 0.508. The molecule has 0 aliphatic heterocycles. The van der Waals surface area contributed by atoms with Gasteiger partial charge in [0.05, 0.1) is 0 Å². The molecule has 4 nitrogen and oxygen atoms in total. The fourth-order valence-corrected chi connectivity index (χ4v) is 3.03. The Hall–Kier alpha value is -1.27. The van der Waals surface area contributed by atoms with Crippen molar-refractivity contribution in [3.05, 3.63) is 36.3 Å². The fraction of sp³-hybridized carbons (Fsp3) is 0.364. The van der Waals surface area contributed by atoms with Crippen molar-refractivity contribution in [2.45, 2.75) is 30.3 Å². The highest BCUT2D eigenvalue weighted by Crippen LogP contribution is 2.15. The van der Waals surface area contributed by atoms with E-state index in [1.807, 2.05) is 12.2 Å². The van der Waals surface area contributed by atoms with Gasteiger partial charge >= 0.3 is 0 Å². The molecule has 0 amide bonds. The topological polar surface area (TPSA) is 59.1 Å². The van der Waals surface area contributed by atoms with Gasteiger partial charge in [0.1, 0.15) is 0 Å². The van der Waals surface area contributed by atoms with Gasteiger partial charge in [0.2, 0.25) is 5.03 Å². The van der Waals surface area contributed by atoms with Crippen LogP contribution in [0.25, 0.3) is 0 Å². The normalized spacial score (nSPS) is 20.4. The molecule has 0 fully saturated rings. The number of pyridine rings is 1. The Bertz CT molecular complexity index is 528. The summed E-state index contributed by atoms with van der Waals surface area (Å²) in [6.45, 7) is 0. The molecule has 1 aromatic rings. The Morgan fingerprint density at radius 3 is 2.88 bits per heavy atom. The molecule has 0 spiro atoms. The van der Waals surface area contributed by atoms with Gasteiger partial charge in [-0.15, -0.1) is 0 Å². The van der Waals surface area contributed by atoms with Gasteiger partial charge in [0.25, 0.3) is 10.0 Å². The van der Waals surface area contributed by atoms with Crippen LogP contribution in [-0.2, 0) is 10.0 Å². The van der Waals surface area contributed by atoms with Crippen molar-refractivity contribution < 1.29 is 12.8 Å². The first-order valence-corrected chi connectivity index (χ1v) is 6.86. The molecule has 0 saturated carbocycles. The molecule has 1 aliphatic carbocycles. The molecule has 92 valence electrons. The minimum atomic E-state index is -3.86. The van der Waals surface area contributed by atoms with Crippen LogP contribution in [0.4, 0.5) is 4.39 Å². The van der Waals surface area contributed by atoms with Crippen molar-refractivity contribution in [1.29, 1.82) is 0 Å². The number of nitrogens with one attached hydrogen (secondary N) is 1. The molecule has 1 heterocycles. The van der Waals surface area contributed by atoms with Crippen LogP contribution in [0.5, 0.6) is 0 Å².